The Balaban J connectivity index is 1.76. The van der Waals surface area contributed by atoms with Gasteiger partial charge < -0.3 is 5.32 Å². The van der Waals surface area contributed by atoms with Crippen LogP contribution in [-0.2, 0) is 9.59 Å². The molecule has 1 aromatic carbocycles. The van der Waals surface area contributed by atoms with E-state index in [1.165, 1.54) is 30.6 Å². The Morgan fingerprint density at radius 3 is 2.41 bits per heavy atom. The highest BCUT2D eigenvalue weighted by Gasteiger charge is 2.31. The van der Waals surface area contributed by atoms with Gasteiger partial charge in [0.2, 0.25) is 11.8 Å². The van der Waals surface area contributed by atoms with E-state index in [9.17, 15) is 9.59 Å². The number of unbranched alkanes of at least 4 members (excludes halogenated alkanes) is 5. The molecule has 0 radical (unpaired) electrons. The molecule has 1 fully saturated rings. The molecule has 1 unspecified atom stereocenters. The van der Waals surface area contributed by atoms with Crippen molar-refractivity contribution < 1.29 is 9.59 Å². The number of rotatable bonds is 12. The number of halogens is 1. The number of hydrogen-bond donors (Lipinski definition) is 1. The molecule has 0 aromatic heterocycles. The Morgan fingerprint density at radius 1 is 1.04 bits per heavy atom. The lowest BCUT2D eigenvalue weighted by Crippen LogP contribution is -2.29. The van der Waals surface area contributed by atoms with Gasteiger partial charge in [0, 0.05) is 12.8 Å². The third-order valence-corrected chi connectivity index (χ3v) is 5.06. The summed E-state index contributed by atoms with van der Waals surface area (Å²) in [5.41, 5.74) is 1.09. The van der Waals surface area contributed by atoms with Crippen LogP contribution in [0.25, 0.3) is 0 Å². The monoisotopic (exact) mass is 390 g/mol. The number of amides is 2. The number of alkyl halides is 1. The van der Waals surface area contributed by atoms with Gasteiger partial charge in [-0.1, -0.05) is 62.1 Å². The van der Waals surface area contributed by atoms with E-state index in [0.717, 1.165) is 31.4 Å². The maximum absolute atomic E-state index is 12.0. The highest BCUT2D eigenvalue weighted by atomic mass is 35.5. The summed E-state index contributed by atoms with van der Waals surface area (Å²) in [4.78, 5) is 25.3. The summed E-state index contributed by atoms with van der Waals surface area (Å²) in [6.45, 7) is 2.23. The average Bonchev–Trinajstić information content (AvgIpc) is 2.99. The highest BCUT2D eigenvalue weighted by Crippen LogP contribution is 2.31. The zero-order valence-corrected chi connectivity index (χ0v) is 17.0. The SMILES string of the molecule is CCCCCC/C=C/CCCC(Cl)Nc1ccccc1N1C(=O)CCC1=O. The third-order valence-electron chi connectivity index (χ3n) is 4.73. The molecule has 0 bridgehead atoms. The standard InChI is InChI=1S/C22H31ClN2O2/c1-2-3-4-5-6-7-8-9-10-15-20(23)24-18-13-11-12-14-19(18)25-21(26)16-17-22(25)27/h7-8,11-14,20,24H,2-6,9-10,15-17H2,1H3/b8-7+. The van der Waals surface area contributed by atoms with Crippen LogP contribution in [0.4, 0.5) is 11.4 Å². The van der Waals surface area contributed by atoms with E-state index in [-0.39, 0.29) is 30.2 Å². The molecule has 1 heterocycles. The van der Waals surface area contributed by atoms with Crippen LogP contribution in [0.5, 0.6) is 0 Å². The lowest BCUT2D eigenvalue weighted by Gasteiger charge is -2.21. The number of allylic oxidation sites excluding steroid dienone is 2. The molecule has 5 heteroatoms. The molecule has 1 atom stereocenters. The van der Waals surface area contributed by atoms with Crippen LogP contribution in [0.1, 0.15) is 71.1 Å². The molecule has 1 aliphatic rings. The first-order chi connectivity index (χ1) is 13.1. The summed E-state index contributed by atoms with van der Waals surface area (Å²) in [5.74, 6) is -0.297. The van der Waals surface area contributed by atoms with Crippen molar-refractivity contribution in [3.8, 4) is 0 Å². The summed E-state index contributed by atoms with van der Waals surface area (Å²) in [5, 5.41) is 3.25. The Labute approximate surface area is 168 Å². The first-order valence-electron chi connectivity index (χ1n) is 10.1. The number of anilines is 2. The molecule has 2 amide bonds. The number of para-hydroxylation sites is 2. The van der Waals surface area contributed by atoms with Gasteiger partial charge in [0.05, 0.1) is 11.4 Å². The predicted molar refractivity (Wildman–Crippen MR) is 113 cm³/mol. The second-order valence-electron chi connectivity index (χ2n) is 7.00. The molecule has 1 saturated heterocycles. The zero-order chi connectivity index (χ0) is 19.5. The predicted octanol–water partition coefficient (Wildman–Crippen LogP) is 6.01. The van der Waals surface area contributed by atoms with Gasteiger partial charge in [-0.15, -0.1) is 0 Å². The van der Waals surface area contributed by atoms with Gasteiger partial charge in [0.1, 0.15) is 5.50 Å². The van der Waals surface area contributed by atoms with Gasteiger partial charge >= 0.3 is 0 Å². The number of carbonyl (C=O) groups is 2. The van der Waals surface area contributed by atoms with Crippen molar-refractivity contribution in [2.24, 2.45) is 0 Å². The summed E-state index contributed by atoms with van der Waals surface area (Å²) in [7, 11) is 0. The van der Waals surface area contributed by atoms with Gasteiger partial charge in [-0.2, -0.15) is 0 Å². The largest absolute Gasteiger partial charge is 0.368 e. The molecule has 148 valence electrons. The highest BCUT2D eigenvalue weighted by molar-refractivity contribution is 6.23. The number of nitrogens with one attached hydrogen (secondary N) is 1. The fraction of sp³-hybridized carbons (Fsp3) is 0.545. The van der Waals surface area contributed by atoms with Crippen molar-refractivity contribution >= 4 is 34.8 Å². The van der Waals surface area contributed by atoms with E-state index >= 15 is 0 Å². The van der Waals surface area contributed by atoms with Gasteiger partial charge in [-0.25, -0.2) is 4.90 Å². The second kappa shape index (κ2) is 11.8. The van der Waals surface area contributed by atoms with Gasteiger partial charge in [-0.05, 0) is 44.2 Å². The van der Waals surface area contributed by atoms with Crippen molar-refractivity contribution in [2.75, 3.05) is 10.2 Å². The summed E-state index contributed by atoms with van der Waals surface area (Å²) >= 11 is 6.44. The summed E-state index contributed by atoms with van der Waals surface area (Å²) < 4.78 is 0. The van der Waals surface area contributed by atoms with Gasteiger partial charge in [-0.3, -0.25) is 9.59 Å². The Hall–Kier alpha value is -1.81. The van der Waals surface area contributed by atoms with Crippen LogP contribution >= 0.6 is 11.6 Å². The van der Waals surface area contributed by atoms with E-state index in [1.54, 1.807) is 6.07 Å². The van der Waals surface area contributed by atoms with E-state index in [0.29, 0.717) is 5.69 Å². The average molecular weight is 391 g/mol. The molecule has 2 rings (SSSR count). The van der Waals surface area contributed by atoms with Crippen molar-refractivity contribution in [3.05, 3.63) is 36.4 Å². The maximum Gasteiger partial charge on any atom is 0.234 e. The molecule has 4 nitrogen and oxygen atoms in total. The van der Waals surface area contributed by atoms with E-state index in [4.69, 9.17) is 11.6 Å². The summed E-state index contributed by atoms with van der Waals surface area (Å²) in [6, 6.07) is 7.35. The zero-order valence-electron chi connectivity index (χ0n) is 16.3. The van der Waals surface area contributed by atoms with Crippen LogP contribution in [0.15, 0.2) is 36.4 Å². The van der Waals surface area contributed by atoms with Gasteiger partial charge in [0.15, 0.2) is 0 Å². The molecule has 0 spiro atoms. The number of benzene rings is 1. The lowest BCUT2D eigenvalue weighted by atomic mass is 10.1. The van der Waals surface area contributed by atoms with E-state index in [1.807, 2.05) is 18.2 Å². The normalized spacial score (nSPS) is 15.7. The molecule has 27 heavy (non-hydrogen) atoms. The molecule has 0 saturated carbocycles. The summed E-state index contributed by atoms with van der Waals surface area (Å²) in [6.07, 6.45) is 14.2. The van der Waals surface area contributed by atoms with Crippen LogP contribution in [-0.4, -0.2) is 17.3 Å². The van der Waals surface area contributed by atoms with Gasteiger partial charge in [0.25, 0.3) is 0 Å². The maximum atomic E-state index is 12.0. The molecular formula is C22H31ClN2O2. The number of nitrogens with zero attached hydrogens (tertiary/aromatic N) is 1. The van der Waals surface area contributed by atoms with Crippen molar-refractivity contribution in [3.63, 3.8) is 0 Å². The van der Waals surface area contributed by atoms with Crippen LogP contribution in [0.2, 0.25) is 0 Å². The Kier molecular flexibility index (Phi) is 9.40. The van der Waals surface area contributed by atoms with Crippen LogP contribution < -0.4 is 10.2 Å². The minimum atomic E-state index is -0.239. The van der Waals surface area contributed by atoms with Crippen LogP contribution in [0.3, 0.4) is 0 Å². The molecule has 1 aliphatic heterocycles. The quantitative estimate of drug-likeness (QED) is 0.156. The van der Waals surface area contributed by atoms with Crippen LogP contribution in [0, 0.1) is 0 Å². The fourth-order valence-electron chi connectivity index (χ4n) is 3.22. The smallest absolute Gasteiger partial charge is 0.234 e. The lowest BCUT2D eigenvalue weighted by molar-refractivity contribution is -0.121. The number of imide groups is 1. The van der Waals surface area contributed by atoms with E-state index in [2.05, 4.69) is 24.4 Å². The number of hydrogen-bond acceptors (Lipinski definition) is 3. The number of carbonyl (C=O) groups excluding carboxylic acids is 2. The minimum absolute atomic E-state index is 0.149. The molecule has 1 N–H and O–H groups in total. The molecule has 0 aliphatic carbocycles. The topological polar surface area (TPSA) is 49.4 Å². The first kappa shape index (κ1) is 21.5. The van der Waals surface area contributed by atoms with Crippen molar-refractivity contribution in [1.82, 2.24) is 0 Å². The van der Waals surface area contributed by atoms with E-state index < -0.39 is 0 Å². The first-order valence-corrected chi connectivity index (χ1v) is 10.6. The Bertz CT molecular complexity index is 629. The molecule has 1 aromatic rings. The minimum Gasteiger partial charge on any atom is -0.368 e. The van der Waals surface area contributed by atoms with Crippen molar-refractivity contribution in [2.45, 2.75) is 76.6 Å². The van der Waals surface area contributed by atoms with Crippen molar-refractivity contribution in [1.29, 1.82) is 0 Å². The fourth-order valence-corrected chi connectivity index (χ4v) is 3.49. The molecular weight excluding hydrogens is 360 g/mol. The third kappa shape index (κ3) is 7.02. The second-order valence-corrected chi connectivity index (χ2v) is 7.53. The Morgan fingerprint density at radius 2 is 1.70 bits per heavy atom.